The zero-order valence-electron chi connectivity index (χ0n) is 32.4. The maximum atomic E-state index is 12.7. The lowest BCUT2D eigenvalue weighted by atomic mass is 10.00. The molecule has 53 heavy (non-hydrogen) atoms. The van der Waals surface area contributed by atoms with Crippen molar-refractivity contribution in [3.05, 3.63) is 36.5 Å². The van der Waals surface area contributed by atoms with Crippen molar-refractivity contribution in [3.63, 3.8) is 0 Å². The molecule has 0 aliphatic carbocycles. The van der Waals surface area contributed by atoms with E-state index >= 15 is 0 Å². The van der Waals surface area contributed by atoms with Crippen LogP contribution in [0.5, 0.6) is 0 Å². The molecule has 13 heteroatoms. The van der Waals surface area contributed by atoms with Crippen molar-refractivity contribution in [1.29, 1.82) is 0 Å². The Bertz CT molecular complexity index is 1140. The molecule has 4 N–H and O–H groups in total. The van der Waals surface area contributed by atoms with Crippen LogP contribution < -0.4 is 0 Å². The van der Waals surface area contributed by atoms with E-state index in [2.05, 4.69) is 38.2 Å². The molecular weight excluding hydrogens is 704 g/mol. The summed E-state index contributed by atoms with van der Waals surface area (Å²) in [5.74, 6) is -2.08. The Kier molecular flexibility index (Phi) is 28.7. The van der Waals surface area contributed by atoms with E-state index in [1.807, 2.05) is 12.2 Å². The zero-order chi connectivity index (χ0) is 39.2. The van der Waals surface area contributed by atoms with E-state index in [1.165, 1.54) is 57.8 Å². The molecule has 0 saturated carbocycles. The van der Waals surface area contributed by atoms with Crippen molar-refractivity contribution in [3.8, 4) is 0 Å². The molecule has 1 rings (SSSR count). The summed E-state index contributed by atoms with van der Waals surface area (Å²) < 4.78 is 53.7. The minimum absolute atomic E-state index is 0.0565. The molecular formula is C40H70O12S. The molecule has 1 heterocycles. The summed E-state index contributed by atoms with van der Waals surface area (Å²) in [6, 6.07) is 0. The van der Waals surface area contributed by atoms with Crippen LogP contribution in [0.15, 0.2) is 36.5 Å². The summed E-state index contributed by atoms with van der Waals surface area (Å²) >= 11 is 0. The maximum Gasteiger partial charge on any atom is 0.306 e. The summed E-state index contributed by atoms with van der Waals surface area (Å²) in [6.07, 6.45) is 23.6. The van der Waals surface area contributed by atoms with Gasteiger partial charge in [-0.25, -0.2) is 0 Å². The van der Waals surface area contributed by atoms with Crippen molar-refractivity contribution < 1.29 is 56.8 Å². The molecule has 12 nitrogen and oxygen atoms in total. The number of aliphatic hydroxyl groups is 3. The second-order valence-corrected chi connectivity index (χ2v) is 15.4. The minimum atomic E-state index is -4.60. The van der Waals surface area contributed by atoms with Crippen molar-refractivity contribution >= 4 is 22.1 Å². The quantitative estimate of drug-likeness (QED) is 0.0237. The number of rotatable bonds is 32. The first-order valence-electron chi connectivity index (χ1n) is 20.0. The average Bonchev–Trinajstić information content (AvgIpc) is 3.12. The fourth-order valence-corrected chi connectivity index (χ4v) is 6.47. The fraction of sp³-hybridized carbons (Fsp3) is 0.800. The van der Waals surface area contributed by atoms with E-state index in [4.69, 9.17) is 18.9 Å². The molecule has 0 radical (unpaired) electrons. The molecule has 1 aliphatic heterocycles. The molecule has 0 amide bonds. The van der Waals surface area contributed by atoms with Gasteiger partial charge in [0.2, 0.25) is 0 Å². The first-order valence-corrected chi connectivity index (χ1v) is 21.7. The molecule has 0 aromatic rings. The third kappa shape index (κ3) is 26.3. The lowest BCUT2D eigenvalue weighted by Crippen LogP contribution is -2.60. The summed E-state index contributed by atoms with van der Waals surface area (Å²) in [4.78, 5) is 25.2. The van der Waals surface area contributed by atoms with Crippen molar-refractivity contribution in [2.45, 2.75) is 185 Å². The molecule has 1 aliphatic rings. The van der Waals surface area contributed by atoms with Gasteiger partial charge in [0.05, 0.1) is 6.61 Å². The van der Waals surface area contributed by atoms with E-state index in [-0.39, 0.29) is 19.4 Å². The molecule has 1 saturated heterocycles. The van der Waals surface area contributed by atoms with Gasteiger partial charge in [0.1, 0.15) is 36.8 Å². The Morgan fingerprint density at radius 1 is 0.642 bits per heavy atom. The summed E-state index contributed by atoms with van der Waals surface area (Å²) in [5.41, 5.74) is 0. The van der Waals surface area contributed by atoms with Crippen molar-refractivity contribution in [2.75, 3.05) is 19.0 Å². The van der Waals surface area contributed by atoms with Crippen LogP contribution in [-0.2, 0) is 38.7 Å². The molecule has 6 atom stereocenters. The van der Waals surface area contributed by atoms with Crippen LogP contribution in [0.2, 0.25) is 0 Å². The van der Waals surface area contributed by atoms with Crippen LogP contribution in [-0.4, -0.2) is 96.0 Å². The van der Waals surface area contributed by atoms with E-state index in [9.17, 15) is 37.9 Å². The highest BCUT2D eigenvalue weighted by Crippen LogP contribution is 2.24. The van der Waals surface area contributed by atoms with Crippen LogP contribution in [0.1, 0.15) is 149 Å². The highest BCUT2D eigenvalue weighted by molar-refractivity contribution is 7.85. The lowest BCUT2D eigenvalue weighted by molar-refractivity contribution is -0.297. The van der Waals surface area contributed by atoms with Gasteiger partial charge >= 0.3 is 11.9 Å². The van der Waals surface area contributed by atoms with Crippen molar-refractivity contribution in [2.24, 2.45) is 0 Å². The van der Waals surface area contributed by atoms with Gasteiger partial charge in [-0.3, -0.25) is 14.1 Å². The van der Waals surface area contributed by atoms with Crippen LogP contribution in [0.25, 0.3) is 0 Å². The molecule has 0 aromatic carbocycles. The van der Waals surface area contributed by atoms with Crippen LogP contribution in [0, 0.1) is 0 Å². The Morgan fingerprint density at radius 2 is 1.17 bits per heavy atom. The number of unbranched alkanes of at least 4 members (excludes halogenated alkanes) is 14. The number of hydrogen-bond donors (Lipinski definition) is 4. The van der Waals surface area contributed by atoms with Gasteiger partial charge < -0.3 is 34.3 Å². The average molecular weight is 775 g/mol. The monoisotopic (exact) mass is 774 g/mol. The Hall–Kier alpha value is -2.13. The predicted molar refractivity (Wildman–Crippen MR) is 206 cm³/mol. The highest BCUT2D eigenvalue weighted by Gasteiger charge is 2.46. The number of carbonyl (C=O) groups excluding carboxylic acids is 2. The maximum absolute atomic E-state index is 12.7. The van der Waals surface area contributed by atoms with E-state index < -0.39 is 71.2 Å². The number of aliphatic hydroxyl groups excluding tert-OH is 3. The first-order chi connectivity index (χ1) is 25.5. The van der Waals surface area contributed by atoms with E-state index in [0.717, 1.165) is 51.4 Å². The number of ether oxygens (including phenoxy) is 4. The Balaban J connectivity index is 2.56. The molecule has 0 bridgehead atoms. The van der Waals surface area contributed by atoms with Crippen molar-refractivity contribution in [1.82, 2.24) is 0 Å². The van der Waals surface area contributed by atoms with Crippen LogP contribution >= 0.6 is 0 Å². The van der Waals surface area contributed by atoms with Gasteiger partial charge in [-0.05, 0) is 57.8 Å². The summed E-state index contributed by atoms with van der Waals surface area (Å²) in [6.45, 7) is 3.64. The lowest BCUT2D eigenvalue weighted by Gasteiger charge is -2.40. The smallest absolute Gasteiger partial charge is 0.306 e. The molecule has 1 fully saturated rings. The topological polar surface area (TPSA) is 186 Å². The fourth-order valence-electron chi connectivity index (χ4n) is 5.78. The molecule has 0 aromatic heterocycles. The summed E-state index contributed by atoms with van der Waals surface area (Å²) in [7, 11) is -4.60. The molecule has 0 spiro atoms. The first kappa shape index (κ1) is 48.9. The molecule has 308 valence electrons. The third-order valence-corrected chi connectivity index (χ3v) is 9.71. The Labute approximate surface area is 319 Å². The van der Waals surface area contributed by atoms with E-state index in [1.54, 1.807) is 0 Å². The number of hydrogen-bond acceptors (Lipinski definition) is 11. The number of esters is 2. The van der Waals surface area contributed by atoms with Gasteiger partial charge in [0, 0.05) is 12.8 Å². The SMILES string of the molecule is CCCCC/C=C/CCCCCCCC(=O)OCC(CO[C@H]1O[C@H](CS(=O)(=O)O)[C@@H](O)C(O)C1O)OC(=O)CC/C=C/C/C=C/CCCCCCCC. The Morgan fingerprint density at radius 3 is 1.79 bits per heavy atom. The standard InChI is InChI=1S/C40H70O12S/c1-3-5-7-9-11-13-15-17-19-21-23-25-27-29-36(42)51-33(31-50-40-39(45)38(44)37(43)34(52-40)32-53(46,47)48)30-49-35(41)28-26-24-22-20-18-16-14-12-10-8-6-4-2/h12,14,17,19,23,25,33-34,37-40,43-45H,3-11,13,15-16,18,20-22,24,26-32H2,1-2H3,(H,46,47,48)/b14-12+,19-17+,25-23+/t33?,34-,37-,38?,39?,40+/m1/s1. The predicted octanol–water partition coefficient (Wildman–Crippen LogP) is 7.05. The van der Waals surface area contributed by atoms with Gasteiger partial charge in [0.15, 0.2) is 12.4 Å². The van der Waals surface area contributed by atoms with Gasteiger partial charge in [-0.1, -0.05) is 115 Å². The van der Waals surface area contributed by atoms with Gasteiger partial charge in [0.25, 0.3) is 10.1 Å². The minimum Gasteiger partial charge on any atom is -0.462 e. The normalized spacial score (nSPS) is 21.5. The largest absolute Gasteiger partial charge is 0.462 e. The number of carbonyl (C=O) groups is 2. The van der Waals surface area contributed by atoms with Crippen LogP contribution in [0.4, 0.5) is 0 Å². The van der Waals surface area contributed by atoms with Gasteiger partial charge in [-0.15, -0.1) is 0 Å². The summed E-state index contributed by atoms with van der Waals surface area (Å²) in [5, 5.41) is 30.7. The second-order valence-electron chi connectivity index (χ2n) is 13.9. The second kappa shape index (κ2) is 31.1. The van der Waals surface area contributed by atoms with Gasteiger partial charge in [-0.2, -0.15) is 8.42 Å². The van der Waals surface area contributed by atoms with Crippen LogP contribution in [0.3, 0.4) is 0 Å². The van der Waals surface area contributed by atoms with E-state index in [0.29, 0.717) is 12.8 Å². The highest BCUT2D eigenvalue weighted by atomic mass is 32.2. The third-order valence-electron chi connectivity index (χ3n) is 8.96. The number of allylic oxidation sites excluding steroid dienone is 6. The molecule has 3 unspecified atom stereocenters. The zero-order valence-corrected chi connectivity index (χ0v) is 33.2.